The second kappa shape index (κ2) is 4.47. The van der Waals surface area contributed by atoms with Crippen LogP contribution < -0.4 is 5.32 Å². The van der Waals surface area contributed by atoms with Crippen LogP contribution >= 0.6 is 12.2 Å². The minimum absolute atomic E-state index is 0.224. The monoisotopic (exact) mass is 214 g/mol. The number of hydrogen-bond donors (Lipinski definition) is 1. The van der Waals surface area contributed by atoms with E-state index in [1.54, 1.807) is 0 Å². The molecule has 1 heterocycles. The Morgan fingerprint density at radius 2 is 1.86 bits per heavy atom. The molecule has 0 bridgehead atoms. The maximum Gasteiger partial charge on any atom is 0.169 e. The normalized spacial score (nSPS) is 25.3. The van der Waals surface area contributed by atoms with Gasteiger partial charge in [-0.3, -0.25) is 0 Å². The quantitative estimate of drug-likeness (QED) is 0.724. The molecule has 0 radical (unpaired) electrons. The molecule has 1 unspecified atom stereocenters. The molecule has 1 fully saturated rings. The molecule has 1 N–H and O–H groups in total. The number of likely N-dealkylation sites (N-methyl/N-ethyl adjacent to an activating group) is 1. The van der Waals surface area contributed by atoms with Crippen molar-refractivity contribution in [3.8, 4) is 0 Å². The molecule has 82 valence electrons. The van der Waals surface area contributed by atoms with Gasteiger partial charge in [-0.1, -0.05) is 20.8 Å². The average molecular weight is 214 g/mol. The Morgan fingerprint density at radius 1 is 1.29 bits per heavy atom. The van der Waals surface area contributed by atoms with E-state index in [0.717, 1.165) is 24.5 Å². The molecule has 0 aromatic heterocycles. The van der Waals surface area contributed by atoms with Gasteiger partial charge in [-0.25, -0.2) is 0 Å². The highest BCUT2D eigenvalue weighted by molar-refractivity contribution is 7.80. The Hall–Kier alpha value is -0.310. The van der Waals surface area contributed by atoms with Crippen LogP contribution in [0.4, 0.5) is 0 Å². The van der Waals surface area contributed by atoms with E-state index in [1.165, 1.54) is 6.42 Å². The first kappa shape index (κ1) is 11.8. The fraction of sp³-hybridized carbons (Fsp3) is 0.909. The lowest BCUT2D eigenvalue weighted by Gasteiger charge is -2.35. The van der Waals surface area contributed by atoms with Gasteiger partial charge in [0.1, 0.15) is 0 Å². The lowest BCUT2D eigenvalue weighted by Crippen LogP contribution is -2.48. The zero-order chi connectivity index (χ0) is 10.8. The molecule has 0 amide bonds. The molecule has 2 nitrogen and oxygen atoms in total. The van der Waals surface area contributed by atoms with Gasteiger partial charge in [0, 0.05) is 6.54 Å². The van der Waals surface area contributed by atoms with E-state index in [0.29, 0.717) is 6.04 Å². The molecule has 1 aliphatic rings. The van der Waals surface area contributed by atoms with Gasteiger partial charge in [0.25, 0.3) is 0 Å². The Labute approximate surface area is 93.1 Å². The van der Waals surface area contributed by atoms with Crippen LogP contribution in [0.25, 0.3) is 0 Å². The molecule has 0 aromatic carbocycles. The largest absolute Gasteiger partial charge is 0.355 e. The lowest BCUT2D eigenvalue weighted by molar-refractivity contribution is 0.214. The molecule has 0 saturated carbocycles. The first-order chi connectivity index (χ1) is 6.65. The summed E-state index contributed by atoms with van der Waals surface area (Å²) in [5, 5.41) is 4.47. The number of nitrogens with one attached hydrogen (secondary N) is 1. The third-order valence-corrected chi connectivity index (χ3v) is 3.96. The van der Waals surface area contributed by atoms with Crippen LogP contribution in [0, 0.1) is 0 Å². The highest BCUT2D eigenvalue weighted by Gasteiger charge is 2.45. The Balaban J connectivity index is 2.93. The van der Waals surface area contributed by atoms with Crippen LogP contribution in [0.5, 0.6) is 0 Å². The van der Waals surface area contributed by atoms with E-state index in [4.69, 9.17) is 12.2 Å². The molecule has 3 heteroatoms. The van der Waals surface area contributed by atoms with Crippen LogP contribution in [0.15, 0.2) is 0 Å². The van der Waals surface area contributed by atoms with E-state index in [-0.39, 0.29) is 5.54 Å². The van der Waals surface area contributed by atoms with Crippen LogP contribution in [0.2, 0.25) is 0 Å². The van der Waals surface area contributed by atoms with E-state index in [2.05, 4.69) is 37.9 Å². The molecule has 0 spiro atoms. The molecule has 1 saturated heterocycles. The van der Waals surface area contributed by atoms with Gasteiger partial charge in [-0.05, 0) is 38.4 Å². The van der Waals surface area contributed by atoms with Crippen LogP contribution in [0.1, 0.15) is 47.0 Å². The van der Waals surface area contributed by atoms with E-state index < -0.39 is 0 Å². The summed E-state index contributed by atoms with van der Waals surface area (Å²) in [6, 6.07) is 0.579. The third-order valence-electron chi connectivity index (χ3n) is 3.62. The van der Waals surface area contributed by atoms with Gasteiger partial charge in [-0.15, -0.1) is 0 Å². The van der Waals surface area contributed by atoms with Gasteiger partial charge in [0.2, 0.25) is 0 Å². The fourth-order valence-electron chi connectivity index (χ4n) is 2.68. The predicted molar refractivity (Wildman–Crippen MR) is 65.5 cm³/mol. The maximum atomic E-state index is 5.38. The van der Waals surface area contributed by atoms with Crippen molar-refractivity contribution in [2.24, 2.45) is 0 Å². The van der Waals surface area contributed by atoms with E-state index >= 15 is 0 Å². The van der Waals surface area contributed by atoms with Crippen molar-refractivity contribution in [2.45, 2.75) is 58.5 Å². The average Bonchev–Trinajstić information content (AvgIpc) is 2.50. The number of rotatable bonds is 4. The van der Waals surface area contributed by atoms with Crippen LogP contribution in [-0.2, 0) is 0 Å². The smallest absolute Gasteiger partial charge is 0.169 e. The van der Waals surface area contributed by atoms with Crippen molar-refractivity contribution < 1.29 is 0 Å². The Bertz CT molecular complexity index is 211. The van der Waals surface area contributed by atoms with Crippen LogP contribution in [0.3, 0.4) is 0 Å². The summed E-state index contributed by atoms with van der Waals surface area (Å²) >= 11 is 5.38. The zero-order valence-electron chi connectivity index (χ0n) is 9.76. The highest BCUT2D eigenvalue weighted by atomic mass is 32.1. The fourth-order valence-corrected chi connectivity index (χ4v) is 3.14. The summed E-state index contributed by atoms with van der Waals surface area (Å²) in [6.45, 7) is 9.95. The van der Waals surface area contributed by atoms with E-state index in [9.17, 15) is 0 Å². The van der Waals surface area contributed by atoms with Crippen molar-refractivity contribution in [2.75, 3.05) is 6.54 Å². The summed E-state index contributed by atoms with van der Waals surface area (Å²) < 4.78 is 0. The first-order valence-electron chi connectivity index (χ1n) is 5.73. The number of thiocarbonyl (C=S) groups is 1. The number of hydrogen-bond acceptors (Lipinski definition) is 1. The van der Waals surface area contributed by atoms with Gasteiger partial charge in [-0.2, -0.15) is 0 Å². The summed E-state index contributed by atoms with van der Waals surface area (Å²) in [4.78, 5) is 2.34. The highest BCUT2D eigenvalue weighted by Crippen LogP contribution is 2.32. The standard InChI is InChI=1S/C11H22N2S/c1-5-9-11(6-2,7-3)12-10(14)13(9)8-4/h9H,5-8H2,1-4H3,(H,12,14). The zero-order valence-corrected chi connectivity index (χ0v) is 10.6. The second-order valence-electron chi connectivity index (χ2n) is 4.00. The third kappa shape index (κ3) is 1.62. The summed E-state index contributed by atoms with van der Waals surface area (Å²) in [6.07, 6.45) is 3.47. The summed E-state index contributed by atoms with van der Waals surface area (Å²) in [7, 11) is 0. The molecule has 0 aromatic rings. The van der Waals surface area contributed by atoms with Gasteiger partial charge >= 0.3 is 0 Å². The SMILES string of the molecule is CCC1N(CC)C(=S)NC1(CC)CC. The first-order valence-corrected chi connectivity index (χ1v) is 6.14. The van der Waals surface area contributed by atoms with Crippen molar-refractivity contribution >= 4 is 17.3 Å². The molecular weight excluding hydrogens is 192 g/mol. The minimum atomic E-state index is 0.224. The molecule has 14 heavy (non-hydrogen) atoms. The van der Waals surface area contributed by atoms with E-state index in [1.807, 2.05) is 0 Å². The van der Waals surface area contributed by atoms with Crippen molar-refractivity contribution in [3.63, 3.8) is 0 Å². The second-order valence-corrected chi connectivity index (χ2v) is 4.39. The Morgan fingerprint density at radius 3 is 2.21 bits per heavy atom. The number of nitrogens with zero attached hydrogens (tertiary/aromatic N) is 1. The molecule has 1 atom stereocenters. The lowest BCUT2D eigenvalue weighted by atomic mass is 9.84. The topological polar surface area (TPSA) is 15.3 Å². The van der Waals surface area contributed by atoms with Crippen molar-refractivity contribution in [1.29, 1.82) is 0 Å². The van der Waals surface area contributed by atoms with Gasteiger partial charge in [0.15, 0.2) is 5.11 Å². The molecule has 0 aliphatic carbocycles. The predicted octanol–water partition coefficient (Wildman–Crippen LogP) is 2.53. The summed E-state index contributed by atoms with van der Waals surface area (Å²) in [5.41, 5.74) is 0.224. The molecular formula is C11H22N2S. The van der Waals surface area contributed by atoms with Gasteiger partial charge in [0.05, 0.1) is 11.6 Å². The van der Waals surface area contributed by atoms with Crippen LogP contribution in [-0.4, -0.2) is 28.1 Å². The summed E-state index contributed by atoms with van der Waals surface area (Å²) in [5.74, 6) is 0. The minimum Gasteiger partial charge on any atom is -0.355 e. The Kier molecular flexibility index (Phi) is 3.76. The van der Waals surface area contributed by atoms with Crippen molar-refractivity contribution in [3.05, 3.63) is 0 Å². The molecule has 1 rings (SSSR count). The van der Waals surface area contributed by atoms with Crippen molar-refractivity contribution in [1.82, 2.24) is 10.2 Å². The molecule has 1 aliphatic heterocycles. The van der Waals surface area contributed by atoms with Gasteiger partial charge < -0.3 is 10.2 Å². The maximum absolute atomic E-state index is 5.38.